The summed E-state index contributed by atoms with van der Waals surface area (Å²) >= 11 is 0. The van der Waals surface area contributed by atoms with Crippen LogP contribution in [0.1, 0.15) is 43.3 Å². The van der Waals surface area contributed by atoms with Crippen LogP contribution in [0, 0.1) is 0 Å². The van der Waals surface area contributed by atoms with Crippen molar-refractivity contribution < 1.29 is 14.1 Å². The smallest absolute Gasteiger partial charge is 0.240 e. The number of hydrazone groups is 1. The molecule has 2 aliphatic heterocycles. The largest absolute Gasteiger partial charge is 0.381 e. The summed E-state index contributed by atoms with van der Waals surface area (Å²) in [4.78, 5) is 15.4. The third-order valence-corrected chi connectivity index (χ3v) is 3.39. The van der Waals surface area contributed by atoms with Crippen molar-refractivity contribution >= 4 is 11.6 Å². The number of nitrogens with one attached hydrogen (secondary N) is 1. The van der Waals surface area contributed by atoms with Crippen LogP contribution in [-0.2, 0) is 16.0 Å². The molecule has 0 bridgehead atoms. The number of carbonyl (C=O) groups excluding carboxylic acids is 1. The first-order valence-electron chi connectivity index (χ1n) is 6.56. The molecule has 0 radical (unpaired) electrons. The van der Waals surface area contributed by atoms with Crippen LogP contribution in [-0.4, -0.2) is 35.0 Å². The van der Waals surface area contributed by atoms with E-state index in [1.54, 1.807) is 0 Å². The lowest BCUT2D eigenvalue weighted by atomic mass is 10.1. The van der Waals surface area contributed by atoms with Crippen LogP contribution < -0.4 is 5.43 Å². The van der Waals surface area contributed by atoms with Crippen LogP contribution in [0.4, 0.5) is 0 Å². The summed E-state index contributed by atoms with van der Waals surface area (Å²) in [5.41, 5.74) is 3.46. The van der Waals surface area contributed by atoms with Crippen molar-refractivity contribution in [2.24, 2.45) is 5.10 Å². The van der Waals surface area contributed by atoms with Gasteiger partial charge < -0.3 is 9.26 Å². The third kappa shape index (κ3) is 2.98. The molecular weight excluding hydrogens is 248 g/mol. The molecule has 2 aliphatic rings. The first kappa shape index (κ1) is 12.3. The maximum absolute atomic E-state index is 11.0. The molecule has 0 saturated carbocycles. The number of rotatable bonds is 4. The Morgan fingerprint density at radius 3 is 3.00 bits per heavy atom. The quantitative estimate of drug-likeness (QED) is 0.867. The summed E-state index contributed by atoms with van der Waals surface area (Å²) in [6.07, 6.45) is 3.58. The number of aryl methyl sites for hydroxylation is 1. The molecule has 19 heavy (non-hydrogen) atoms. The number of hydrogen-bond donors (Lipinski definition) is 1. The van der Waals surface area contributed by atoms with E-state index in [0.717, 1.165) is 31.0 Å². The Kier molecular flexibility index (Phi) is 3.54. The van der Waals surface area contributed by atoms with Gasteiger partial charge in [0.1, 0.15) is 0 Å². The number of aromatic nitrogens is 2. The minimum absolute atomic E-state index is 0.0231. The molecule has 3 rings (SSSR count). The molecule has 1 aromatic rings. The first-order chi connectivity index (χ1) is 9.31. The fourth-order valence-corrected chi connectivity index (χ4v) is 2.22. The van der Waals surface area contributed by atoms with Gasteiger partial charge in [-0.05, 0) is 19.3 Å². The summed E-state index contributed by atoms with van der Waals surface area (Å²) in [6.45, 7) is 1.45. The molecule has 1 amide bonds. The van der Waals surface area contributed by atoms with Gasteiger partial charge in [0, 0.05) is 31.1 Å². The molecule has 3 heterocycles. The Bertz CT molecular complexity index is 491. The van der Waals surface area contributed by atoms with Gasteiger partial charge in [-0.1, -0.05) is 5.16 Å². The number of hydrogen-bond acceptors (Lipinski definition) is 6. The van der Waals surface area contributed by atoms with E-state index in [-0.39, 0.29) is 11.8 Å². The summed E-state index contributed by atoms with van der Waals surface area (Å²) in [5, 5.41) is 8.02. The van der Waals surface area contributed by atoms with Gasteiger partial charge in [0.2, 0.25) is 11.8 Å². The van der Waals surface area contributed by atoms with E-state index in [9.17, 15) is 4.79 Å². The molecule has 1 atom stereocenters. The number of nitrogens with zero attached hydrogens (tertiary/aromatic N) is 3. The standard InChI is InChI=1S/C12H16N4O3/c17-10-3-1-9(14-15-10)2-4-11-13-12(16-19-11)8-5-6-18-7-8/h8H,1-7H2,(H,15,17)/t8-/m1/s1. The Morgan fingerprint density at radius 1 is 1.32 bits per heavy atom. The highest BCUT2D eigenvalue weighted by Crippen LogP contribution is 2.22. The van der Waals surface area contributed by atoms with Gasteiger partial charge in [-0.3, -0.25) is 4.79 Å². The second-order valence-corrected chi connectivity index (χ2v) is 4.82. The van der Waals surface area contributed by atoms with Gasteiger partial charge in [-0.2, -0.15) is 10.1 Å². The van der Waals surface area contributed by atoms with Crippen molar-refractivity contribution in [1.82, 2.24) is 15.6 Å². The number of amides is 1. The predicted octanol–water partition coefficient (Wildman–Crippen LogP) is 0.772. The second kappa shape index (κ2) is 5.48. The van der Waals surface area contributed by atoms with Crippen LogP contribution in [0.2, 0.25) is 0 Å². The van der Waals surface area contributed by atoms with Crippen LogP contribution >= 0.6 is 0 Å². The van der Waals surface area contributed by atoms with E-state index in [1.165, 1.54) is 0 Å². The summed E-state index contributed by atoms with van der Waals surface area (Å²) in [5.74, 6) is 1.61. The molecule has 1 fully saturated rings. The van der Waals surface area contributed by atoms with Gasteiger partial charge in [0.15, 0.2) is 5.82 Å². The van der Waals surface area contributed by atoms with Crippen molar-refractivity contribution in [2.75, 3.05) is 13.2 Å². The predicted molar refractivity (Wildman–Crippen MR) is 65.6 cm³/mol. The van der Waals surface area contributed by atoms with Gasteiger partial charge in [0.05, 0.1) is 6.61 Å². The zero-order valence-electron chi connectivity index (χ0n) is 10.6. The molecule has 0 aliphatic carbocycles. The van der Waals surface area contributed by atoms with Crippen molar-refractivity contribution in [3.63, 3.8) is 0 Å². The SMILES string of the molecule is O=C1CCC(CCc2nc([C@@H]3CCOC3)no2)=NN1. The molecule has 1 saturated heterocycles. The second-order valence-electron chi connectivity index (χ2n) is 4.82. The highest BCUT2D eigenvalue weighted by molar-refractivity contribution is 5.92. The number of carbonyl (C=O) groups is 1. The maximum Gasteiger partial charge on any atom is 0.240 e. The van der Waals surface area contributed by atoms with Crippen molar-refractivity contribution in [3.8, 4) is 0 Å². The molecule has 1 N–H and O–H groups in total. The molecular formula is C12H16N4O3. The van der Waals surface area contributed by atoms with Crippen molar-refractivity contribution in [1.29, 1.82) is 0 Å². The maximum atomic E-state index is 11.0. The fourth-order valence-electron chi connectivity index (χ4n) is 2.22. The summed E-state index contributed by atoms with van der Waals surface area (Å²) in [7, 11) is 0. The van der Waals surface area contributed by atoms with Crippen molar-refractivity contribution in [2.45, 2.75) is 38.0 Å². The number of ether oxygens (including phenoxy) is 1. The van der Waals surface area contributed by atoms with Gasteiger partial charge in [-0.15, -0.1) is 0 Å². The lowest BCUT2D eigenvalue weighted by molar-refractivity contribution is -0.121. The van der Waals surface area contributed by atoms with E-state index in [1.807, 2.05) is 0 Å². The summed E-state index contributed by atoms with van der Waals surface area (Å²) in [6, 6.07) is 0. The highest BCUT2D eigenvalue weighted by atomic mass is 16.5. The minimum Gasteiger partial charge on any atom is -0.381 e. The van der Waals surface area contributed by atoms with Crippen molar-refractivity contribution in [3.05, 3.63) is 11.7 Å². The summed E-state index contributed by atoms with van der Waals surface area (Å²) < 4.78 is 10.5. The Hall–Kier alpha value is -1.76. The topological polar surface area (TPSA) is 89.6 Å². The van der Waals surface area contributed by atoms with Crippen LogP contribution in [0.25, 0.3) is 0 Å². The fraction of sp³-hybridized carbons (Fsp3) is 0.667. The molecule has 0 aromatic carbocycles. The monoisotopic (exact) mass is 264 g/mol. The minimum atomic E-state index is -0.0231. The molecule has 7 heteroatoms. The van der Waals surface area contributed by atoms with E-state index in [4.69, 9.17) is 9.26 Å². The molecule has 0 unspecified atom stereocenters. The third-order valence-electron chi connectivity index (χ3n) is 3.39. The lowest BCUT2D eigenvalue weighted by Gasteiger charge is -2.10. The molecule has 7 nitrogen and oxygen atoms in total. The molecule has 0 spiro atoms. The molecule has 102 valence electrons. The highest BCUT2D eigenvalue weighted by Gasteiger charge is 2.23. The van der Waals surface area contributed by atoms with E-state index in [2.05, 4.69) is 20.7 Å². The zero-order chi connectivity index (χ0) is 13.1. The van der Waals surface area contributed by atoms with Gasteiger partial charge in [0.25, 0.3) is 0 Å². The average molecular weight is 264 g/mol. The first-order valence-corrected chi connectivity index (χ1v) is 6.56. The average Bonchev–Trinajstić information content (AvgIpc) is 3.09. The van der Waals surface area contributed by atoms with E-state index < -0.39 is 0 Å². The van der Waals surface area contributed by atoms with Crippen LogP contribution in [0.5, 0.6) is 0 Å². The van der Waals surface area contributed by atoms with Gasteiger partial charge in [-0.25, -0.2) is 5.43 Å². The lowest BCUT2D eigenvalue weighted by Crippen LogP contribution is -2.25. The van der Waals surface area contributed by atoms with E-state index in [0.29, 0.717) is 31.8 Å². The molecule has 1 aromatic heterocycles. The Balaban J connectivity index is 1.54. The zero-order valence-corrected chi connectivity index (χ0v) is 10.6. The van der Waals surface area contributed by atoms with Crippen LogP contribution in [0.3, 0.4) is 0 Å². The van der Waals surface area contributed by atoms with Crippen LogP contribution in [0.15, 0.2) is 9.62 Å². The van der Waals surface area contributed by atoms with E-state index >= 15 is 0 Å². The van der Waals surface area contributed by atoms with Gasteiger partial charge >= 0.3 is 0 Å². The normalized spacial score (nSPS) is 23.3. The Morgan fingerprint density at radius 2 is 2.26 bits per heavy atom. The Labute approximate surface area is 110 Å².